The minimum atomic E-state index is -0.799. The average Bonchev–Trinajstić information content (AvgIpc) is 3.13. The number of nitrogens with zero attached hydrogens (tertiary/aromatic N) is 1. The number of ether oxygens (including phenoxy) is 2. The third-order valence-electron chi connectivity index (χ3n) is 6.41. The largest absolute Gasteiger partial charge is 0.503 e. The van der Waals surface area contributed by atoms with E-state index in [1.807, 2.05) is 69.3 Å². The van der Waals surface area contributed by atoms with E-state index in [9.17, 15) is 14.7 Å². The Morgan fingerprint density at radius 3 is 2.42 bits per heavy atom. The smallest absolute Gasteiger partial charge is 0.294 e. The van der Waals surface area contributed by atoms with Gasteiger partial charge in [0.1, 0.15) is 0 Å². The van der Waals surface area contributed by atoms with E-state index in [1.54, 1.807) is 25.3 Å². The first-order valence-corrected chi connectivity index (χ1v) is 12.1. The summed E-state index contributed by atoms with van der Waals surface area (Å²) in [4.78, 5) is 28.5. The van der Waals surface area contributed by atoms with Gasteiger partial charge >= 0.3 is 0 Å². The second-order valence-corrected chi connectivity index (χ2v) is 8.88. The van der Waals surface area contributed by atoms with Crippen molar-refractivity contribution >= 4 is 17.4 Å². The summed E-state index contributed by atoms with van der Waals surface area (Å²) in [6.45, 7) is 6.19. The van der Waals surface area contributed by atoms with E-state index in [1.165, 1.54) is 4.90 Å². The molecule has 0 aromatic heterocycles. The van der Waals surface area contributed by atoms with Gasteiger partial charge in [-0.05, 0) is 62.1 Å². The lowest BCUT2D eigenvalue weighted by Crippen LogP contribution is -2.31. The van der Waals surface area contributed by atoms with E-state index in [-0.39, 0.29) is 17.8 Å². The van der Waals surface area contributed by atoms with Gasteiger partial charge in [-0.3, -0.25) is 14.5 Å². The topological polar surface area (TPSA) is 76.1 Å². The molecule has 0 spiro atoms. The van der Waals surface area contributed by atoms with E-state index in [0.717, 1.165) is 16.7 Å². The maximum Gasteiger partial charge on any atom is 0.294 e. The molecule has 4 rings (SSSR count). The molecule has 1 amide bonds. The fraction of sp³-hybridized carbons (Fsp3) is 0.267. The summed E-state index contributed by atoms with van der Waals surface area (Å²) in [6, 6.07) is 20.0. The van der Waals surface area contributed by atoms with E-state index in [4.69, 9.17) is 9.47 Å². The van der Waals surface area contributed by atoms with Gasteiger partial charge in [0.2, 0.25) is 0 Å². The highest BCUT2D eigenvalue weighted by atomic mass is 16.5. The fourth-order valence-corrected chi connectivity index (χ4v) is 4.70. The van der Waals surface area contributed by atoms with Gasteiger partial charge in [-0.1, -0.05) is 54.1 Å². The maximum atomic E-state index is 13.6. The molecule has 1 aliphatic rings. The first kappa shape index (κ1) is 25.0. The van der Waals surface area contributed by atoms with Crippen LogP contribution in [-0.2, 0) is 16.0 Å². The number of carbonyl (C=O) groups is 2. The van der Waals surface area contributed by atoms with E-state index >= 15 is 0 Å². The van der Waals surface area contributed by atoms with Crippen LogP contribution in [0.4, 0.5) is 5.69 Å². The van der Waals surface area contributed by atoms with Crippen LogP contribution < -0.4 is 14.4 Å². The van der Waals surface area contributed by atoms with Crippen LogP contribution in [0.2, 0.25) is 0 Å². The summed E-state index contributed by atoms with van der Waals surface area (Å²) in [7, 11) is 1.56. The zero-order chi connectivity index (χ0) is 25.8. The highest BCUT2D eigenvalue weighted by Crippen LogP contribution is 2.44. The lowest BCUT2D eigenvalue weighted by molar-refractivity contribution is -0.118. The van der Waals surface area contributed by atoms with Crippen LogP contribution in [-0.4, -0.2) is 30.5 Å². The summed E-state index contributed by atoms with van der Waals surface area (Å²) in [5, 5.41) is 11.0. The number of Topliss-reactive ketones (excluding diaryl/α,β-unsaturated/α-hetero) is 1. The minimum absolute atomic E-state index is 0.100. The Bertz CT molecular complexity index is 1310. The molecule has 0 fully saturated rings. The van der Waals surface area contributed by atoms with Crippen molar-refractivity contribution in [3.8, 4) is 11.5 Å². The van der Waals surface area contributed by atoms with E-state index in [0.29, 0.717) is 35.8 Å². The number of rotatable bonds is 9. The van der Waals surface area contributed by atoms with Crippen molar-refractivity contribution in [1.82, 2.24) is 0 Å². The van der Waals surface area contributed by atoms with Crippen molar-refractivity contribution in [2.75, 3.05) is 18.6 Å². The third-order valence-corrected chi connectivity index (χ3v) is 6.41. The van der Waals surface area contributed by atoms with E-state index in [2.05, 4.69) is 0 Å². The molecule has 3 aromatic carbocycles. The number of aliphatic hydroxyl groups excluding tert-OH is 1. The van der Waals surface area contributed by atoms with Crippen LogP contribution in [0.25, 0.3) is 0 Å². The van der Waals surface area contributed by atoms with Gasteiger partial charge in [-0.15, -0.1) is 0 Å². The predicted octanol–water partition coefficient (Wildman–Crippen LogP) is 5.81. The van der Waals surface area contributed by atoms with Gasteiger partial charge in [0.05, 0.1) is 25.3 Å². The van der Waals surface area contributed by atoms with Crippen LogP contribution >= 0.6 is 0 Å². The average molecular weight is 486 g/mol. The van der Waals surface area contributed by atoms with Gasteiger partial charge in [-0.25, -0.2) is 0 Å². The summed E-state index contributed by atoms with van der Waals surface area (Å²) in [5.41, 5.74) is 4.34. The number of carbonyl (C=O) groups excluding carboxylic acids is 2. The Morgan fingerprint density at radius 1 is 1.00 bits per heavy atom. The van der Waals surface area contributed by atoms with Crippen LogP contribution in [0.15, 0.2) is 78.1 Å². The van der Waals surface area contributed by atoms with E-state index < -0.39 is 17.7 Å². The van der Waals surface area contributed by atoms with Crippen LogP contribution in [0.1, 0.15) is 41.6 Å². The van der Waals surface area contributed by atoms with Gasteiger partial charge in [0.15, 0.2) is 23.0 Å². The van der Waals surface area contributed by atoms with Crippen molar-refractivity contribution in [1.29, 1.82) is 0 Å². The van der Waals surface area contributed by atoms with Gasteiger partial charge in [-0.2, -0.15) is 0 Å². The zero-order valence-electron chi connectivity index (χ0n) is 21.1. The number of aryl methyl sites for hydroxylation is 3. The molecule has 1 aliphatic heterocycles. The Kier molecular flexibility index (Phi) is 7.44. The first-order valence-electron chi connectivity index (χ1n) is 12.1. The molecule has 0 saturated heterocycles. The summed E-state index contributed by atoms with van der Waals surface area (Å²) >= 11 is 0. The number of hydrogen-bond acceptors (Lipinski definition) is 5. The summed E-state index contributed by atoms with van der Waals surface area (Å²) in [6.07, 6.45) is 0.677. The highest BCUT2D eigenvalue weighted by molar-refractivity contribution is 6.16. The van der Waals surface area contributed by atoms with Crippen molar-refractivity contribution in [3.05, 3.63) is 100 Å². The molecule has 6 nitrogen and oxygen atoms in total. The minimum Gasteiger partial charge on any atom is -0.503 e. The number of ketones is 1. The normalized spacial score (nSPS) is 15.4. The molecule has 0 radical (unpaired) electrons. The quantitative estimate of drug-likeness (QED) is 0.414. The monoisotopic (exact) mass is 485 g/mol. The van der Waals surface area contributed by atoms with Gasteiger partial charge < -0.3 is 14.6 Å². The molecule has 0 bridgehead atoms. The number of methoxy groups -OCH3 is 1. The standard InChI is InChI=1S/C30H31NO5/c1-5-36-26-18-22(13-16-25(26)35-4)28-27(24(32)15-12-21-9-7-6-8-10-21)29(33)30(34)31(28)23-14-11-19(2)17-20(23)3/h6-11,13-14,16-18,28,33H,5,12,15H2,1-4H3. The number of benzene rings is 3. The molecular weight excluding hydrogens is 454 g/mol. The molecular formula is C30H31NO5. The zero-order valence-corrected chi connectivity index (χ0v) is 21.1. The summed E-state index contributed by atoms with van der Waals surface area (Å²) in [5.74, 6) is -0.313. The lowest BCUT2D eigenvalue weighted by Gasteiger charge is -2.29. The van der Waals surface area contributed by atoms with Gasteiger partial charge in [0, 0.05) is 12.1 Å². The predicted molar refractivity (Wildman–Crippen MR) is 140 cm³/mol. The molecule has 1 N–H and O–H groups in total. The third kappa shape index (κ3) is 4.85. The highest BCUT2D eigenvalue weighted by Gasteiger charge is 2.44. The van der Waals surface area contributed by atoms with Crippen molar-refractivity contribution in [2.24, 2.45) is 0 Å². The second-order valence-electron chi connectivity index (χ2n) is 8.88. The Morgan fingerprint density at radius 2 is 1.75 bits per heavy atom. The van der Waals surface area contributed by atoms with Gasteiger partial charge in [0.25, 0.3) is 5.91 Å². The number of amides is 1. The maximum absolute atomic E-state index is 13.6. The molecule has 1 unspecified atom stereocenters. The fourth-order valence-electron chi connectivity index (χ4n) is 4.70. The Labute approximate surface area is 211 Å². The first-order chi connectivity index (χ1) is 17.3. The summed E-state index contributed by atoms with van der Waals surface area (Å²) < 4.78 is 11.2. The molecule has 0 aliphatic carbocycles. The SMILES string of the molecule is CCOc1cc(C2C(C(=O)CCc3ccccc3)=C(O)C(=O)N2c2ccc(C)cc2C)ccc1OC. The second kappa shape index (κ2) is 10.7. The molecule has 3 aromatic rings. The molecule has 1 heterocycles. The number of anilines is 1. The number of aliphatic hydroxyl groups is 1. The molecule has 36 heavy (non-hydrogen) atoms. The Balaban J connectivity index is 1.80. The number of hydrogen-bond donors (Lipinski definition) is 1. The molecule has 6 heteroatoms. The van der Waals surface area contributed by atoms with Crippen LogP contribution in [0.3, 0.4) is 0 Å². The molecule has 1 atom stereocenters. The van der Waals surface area contributed by atoms with Crippen molar-refractivity contribution < 1.29 is 24.2 Å². The lowest BCUT2D eigenvalue weighted by atomic mass is 9.92. The Hall–Kier alpha value is -4.06. The van der Waals surface area contributed by atoms with Crippen LogP contribution in [0, 0.1) is 13.8 Å². The molecule has 186 valence electrons. The van der Waals surface area contributed by atoms with Crippen molar-refractivity contribution in [3.63, 3.8) is 0 Å². The van der Waals surface area contributed by atoms with Crippen LogP contribution in [0.5, 0.6) is 11.5 Å². The van der Waals surface area contributed by atoms with Crippen molar-refractivity contribution in [2.45, 2.75) is 39.7 Å². The molecule has 0 saturated carbocycles.